The van der Waals surface area contributed by atoms with Crippen LogP contribution in [0.5, 0.6) is 0 Å². The molecule has 0 fully saturated rings. The summed E-state index contributed by atoms with van der Waals surface area (Å²) in [4.78, 5) is 28.9. The molecule has 2 aliphatic heterocycles. The van der Waals surface area contributed by atoms with Gasteiger partial charge in [-0.05, 0) is 18.6 Å². The van der Waals surface area contributed by atoms with Crippen molar-refractivity contribution in [2.24, 2.45) is 0 Å². The zero-order valence-corrected chi connectivity index (χ0v) is 11.8. The van der Waals surface area contributed by atoms with Crippen molar-refractivity contribution in [2.75, 3.05) is 6.61 Å². The van der Waals surface area contributed by atoms with E-state index in [1.807, 2.05) is 0 Å². The number of rotatable bonds is 5. The third kappa shape index (κ3) is 3.22. The van der Waals surface area contributed by atoms with Crippen molar-refractivity contribution < 1.29 is 20.4 Å². The van der Waals surface area contributed by atoms with Gasteiger partial charge in [-0.15, -0.1) is 0 Å². The van der Waals surface area contributed by atoms with Gasteiger partial charge in [-0.2, -0.15) is 4.98 Å². The van der Waals surface area contributed by atoms with Crippen LogP contribution >= 0.6 is 0 Å². The molecule has 0 aromatic rings. The number of aromatic amines is 1. The molecule has 9 heteroatoms. The Balaban J connectivity index is 2.43. The van der Waals surface area contributed by atoms with Crippen molar-refractivity contribution in [3.63, 3.8) is 0 Å². The molecule has 2 rings (SSSR count). The normalized spacial score (nSPS) is 15.7. The summed E-state index contributed by atoms with van der Waals surface area (Å²) in [6.45, 7) is 0.790. The molecule has 2 heterocycles. The standard InChI is InChI=1S/C13H17N3O6/c1-6-2-7-11(14-13(22)15-12(7)21)16(3-6)4-8(18)10(20)9(19)5-17/h2-3,8-10,17-20H,4-5H2,1H3,(H,15,21,22)/t8-,9+,10-/m0/s1. The van der Waals surface area contributed by atoms with E-state index in [4.69, 9.17) is 5.11 Å². The second-order valence-corrected chi connectivity index (χ2v) is 5.09. The first kappa shape index (κ1) is 16.3. The number of H-pyrrole nitrogens is 1. The Kier molecular flexibility index (Phi) is 4.71. The van der Waals surface area contributed by atoms with Crippen molar-refractivity contribution >= 4 is 0 Å². The van der Waals surface area contributed by atoms with E-state index in [1.54, 1.807) is 19.2 Å². The van der Waals surface area contributed by atoms with Gasteiger partial charge >= 0.3 is 5.69 Å². The van der Waals surface area contributed by atoms with Crippen molar-refractivity contribution in [1.82, 2.24) is 14.5 Å². The molecule has 5 N–H and O–H groups in total. The van der Waals surface area contributed by atoms with Gasteiger partial charge in [0.2, 0.25) is 0 Å². The summed E-state index contributed by atoms with van der Waals surface area (Å²) in [6.07, 6.45) is -2.96. The lowest BCUT2D eigenvalue weighted by Gasteiger charge is -2.24. The van der Waals surface area contributed by atoms with Gasteiger partial charge in [0.15, 0.2) is 5.82 Å². The van der Waals surface area contributed by atoms with Crippen molar-refractivity contribution in [2.45, 2.75) is 31.8 Å². The Bertz CT molecular complexity index is 740. The van der Waals surface area contributed by atoms with E-state index >= 15 is 0 Å². The van der Waals surface area contributed by atoms with E-state index in [9.17, 15) is 24.9 Å². The van der Waals surface area contributed by atoms with E-state index in [0.29, 0.717) is 5.56 Å². The number of nitrogens with zero attached hydrogens (tertiary/aromatic N) is 2. The van der Waals surface area contributed by atoms with Crippen LogP contribution in [0.25, 0.3) is 11.4 Å². The second-order valence-electron chi connectivity index (χ2n) is 5.09. The molecule has 0 radical (unpaired) electrons. The minimum absolute atomic E-state index is 0.0593. The smallest absolute Gasteiger partial charge is 0.349 e. The molecular formula is C13H17N3O6. The molecule has 0 aromatic carbocycles. The number of aromatic nitrogens is 3. The first-order valence-electron chi connectivity index (χ1n) is 6.59. The Morgan fingerprint density at radius 1 is 1.27 bits per heavy atom. The second kappa shape index (κ2) is 6.36. The van der Waals surface area contributed by atoms with Crippen LogP contribution < -0.4 is 11.2 Å². The van der Waals surface area contributed by atoms with Crippen LogP contribution in [-0.2, 0) is 6.54 Å². The molecule has 3 atom stereocenters. The largest absolute Gasteiger partial charge is 0.394 e. The number of hydrogen-bond acceptors (Lipinski definition) is 7. The Morgan fingerprint density at radius 2 is 1.95 bits per heavy atom. The van der Waals surface area contributed by atoms with Gasteiger partial charge in [0, 0.05) is 6.20 Å². The van der Waals surface area contributed by atoms with Crippen LogP contribution in [0, 0.1) is 6.92 Å². The molecule has 0 saturated heterocycles. The monoisotopic (exact) mass is 311 g/mol. The first-order chi connectivity index (χ1) is 10.3. The third-order valence-corrected chi connectivity index (χ3v) is 3.28. The van der Waals surface area contributed by atoms with Gasteiger partial charge in [-0.3, -0.25) is 9.78 Å². The van der Waals surface area contributed by atoms with Gasteiger partial charge < -0.3 is 25.0 Å². The Labute approximate surface area is 124 Å². The number of aliphatic hydroxyl groups is 4. The number of aliphatic hydroxyl groups excluding tert-OH is 4. The lowest BCUT2D eigenvalue weighted by atomic mass is 10.1. The maximum Gasteiger partial charge on any atom is 0.349 e. The quantitative estimate of drug-likeness (QED) is 0.407. The third-order valence-electron chi connectivity index (χ3n) is 3.28. The minimum atomic E-state index is -1.58. The first-order valence-corrected chi connectivity index (χ1v) is 6.59. The number of fused-ring (bicyclic) bond motifs is 1. The molecule has 0 spiro atoms. The molecular weight excluding hydrogens is 294 g/mol. The van der Waals surface area contributed by atoms with Crippen LogP contribution in [0.1, 0.15) is 5.56 Å². The highest BCUT2D eigenvalue weighted by Crippen LogP contribution is 2.17. The molecule has 0 unspecified atom stereocenters. The summed E-state index contributed by atoms with van der Waals surface area (Å²) in [6, 6.07) is 1.54. The fourth-order valence-electron chi connectivity index (χ4n) is 2.18. The van der Waals surface area contributed by atoms with Crippen LogP contribution in [0.2, 0.25) is 0 Å². The highest BCUT2D eigenvalue weighted by Gasteiger charge is 2.25. The molecule has 0 aliphatic carbocycles. The maximum atomic E-state index is 11.8. The molecule has 0 amide bonds. The Morgan fingerprint density at radius 3 is 2.59 bits per heavy atom. The lowest BCUT2D eigenvalue weighted by Crippen LogP contribution is -2.42. The fourth-order valence-corrected chi connectivity index (χ4v) is 2.18. The van der Waals surface area contributed by atoms with E-state index < -0.39 is 36.2 Å². The predicted molar refractivity (Wildman–Crippen MR) is 75.6 cm³/mol. The lowest BCUT2D eigenvalue weighted by molar-refractivity contribution is -0.0805. The van der Waals surface area contributed by atoms with E-state index in [1.165, 1.54) is 4.57 Å². The molecule has 0 bridgehead atoms. The predicted octanol–water partition coefficient (Wildman–Crippen LogP) is -2.58. The van der Waals surface area contributed by atoms with Crippen molar-refractivity contribution in [3.8, 4) is 11.4 Å². The molecule has 9 nitrogen and oxygen atoms in total. The highest BCUT2D eigenvalue weighted by molar-refractivity contribution is 5.55. The molecule has 0 saturated carbocycles. The summed E-state index contributed by atoms with van der Waals surface area (Å²) in [5, 5.41) is 37.7. The van der Waals surface area contributed by atoms with E-state index in [2.05, 4.69) is 9.97 Å². The van der Waals surface area contributed by atoms with Gasteiger partial charge in [0.05, 0.1) is 18.7 Å². The SMILES string of the molecule is Cc1cc2c(=O)[nH]c(=O)nc-2n(C[C@H](O)[C@H](O)[C@H](O)CO)c1. The number of pyridine rings is 1. The summed E-state index contributed by atoms with van der Waals surface area (Å²) >= 11 is 0. The van der Waals surface area contributed by atoms with Crippen LogP contribution in [0.4, 0.5) is 0 Å². The number of nitrogens with one attached hydrogen (secondary N) is 1. The number of aryl methyl sites for hydroxylation is 1. The van der Waals surface area contributed by atoms with Gasteiger partial charge in [0.1, 0.15) is 18.3 Å². The minimum Gasteiger partial charge on any atom is -0.394 e. The maximum absolute atomic E-state index is 11.8. The summed E-state index contributed by atoms with van der Waals surface area (Å²) < 4.78 is 1.35. The van der Waals surface area contributed by atoms with Crippen LogP contribution in [0.15, 0.2) is 21.9 Å². The molecule has 2 aliphatic rings. The summed E-state index contributed by atoms with van der Waals surface area (Å²) in [5.74, 6) is 0.0593. The topological polar surface area (TPSA) is 149 Å². The van der Waals surface area contributed by atoms with Crippen LogP contribution in [-0.4, -0.2) is 59.9 Å². The summed E-state index contributed by atoms with van der Waals surface area (Å²) in [7, 11) is 0. The zero-order chi connectivity index (χ0) is 16.4. The fraction of sp³-hybridized carbons (Fsp3) is 0.462. The number of hydrogen-bond donors (Lipinski definition) is 5. The molecule has 22 heavy (non-hydrogen) atoms. The van der Waals surface area contributed by atoms with Gasteiger partial charge in [0.25, 0.3) is 5.56 Å². The van der Waals surface area contributed by atoms with Crippen molar-refractivity contribution in [3.05, 3.63) is 38.7 Å². The average Bonchev–Trinajstić information content (AvgIpc) is 2.46. The molecule has 120 valence electrons. The van der Waals surface area contributed by atoms with E-state index in [0.717, 1.165) is 0 Å². The van der Waals surface area contributed by atoms with Crippen molar-refractivity contribution in [1.29, 1.82) is 0 Å². The van der Waals surface area contributed by atoms with Gasteiger partial charge in [-0.25, -0.2) is 4.79 Å². The molecule has 0 aromatic heterocycles. The van der Waals surface area contributed by atoms with E-state index in [-0.39, 0.29) is 17.9 Å². The highest BCUT2D eigenvalue weighted by atomic mass is 16.4. The summed E-state index contributed by atoms with van der Waals surface area (Å²) in [5.41, 5.74) is -0.565. The Hall–Kier alpha value is -2.07. The zero-order valence-electron chi connectivity index (χ0n) is 11.8. The van der Waals surface area contributed by atoms with Gasteiger partial charge in [-0.1, -0.05) is 0 Å². The van der Waals surface area contributed by atoms with Crippen LogP contribution in [0.3, 0.4) is 0 Å². The average molecular weight is 311 g/mol.